The molecular formula is C17H22N2O3S. The highest BCUT2D eigenvalue weighted by molar-refractivity contribution is 7.16. The van der Waals surface area contributed by atoms with Gasteiger partial charge in [0.1, 0.15) is 4.88 Å². The van der Waals surface area contributed by atoms with E-state index >= 15 is 0 Å². The minimum absolute atomic E-state index is 0.231. The highest BCUT2D eigenvalue weighted by Crippen LogP contribution is 2.47. The van der Waals surface area contributed by atoms with E-state index in [2.05, 4.69) is 12.0 Å². The van der Waals surface area contributed by atoms with Gasteiger partial charge < -0.3 is 9.47 Å². The number of thiophene rings is 1. The first-order valence-corrected chi connectivity index (χ1v) is 8.95. The van der Waals surface area contributed by atoms with Crippen molar-refractivity contribution in [1.82, 2.24) is 9.78 Å². The maximum Gasteiger partial charge on any atom is 0.348 e. The average molecular weight is 334 g/mol. The Hall–Kier alpha value is -1.82. The van der Waals surface area contributed by atoms with Crippen molar-refractivity contribution in [2.75, 3.05) is 13.2 Å². The molecule has 124 valence electrons. The van der Waals surface area contributed by atoms with E-state index in [4.69, 9.17) is 9.47 Å². The van der Waals surface area contributed by atoms with Gasteiger partial charge >= 0.3 is 5.97 Å². The normalized spacial score (nSPS) is 12.7. The quantitative estimate of drug-likeness (QED) is 0.757. The minimum Gasteiger partial charge on any atom is -0.483 e. The number of carbonyl (C=O) groups excluding carboxylic acids is 1. The summed E-state index contributed by atoms with van der Waals surface area (Å²) < 4.78 is 13.2. The summed E-state index contributed by atoms with van der Waals surface area (Å²) in [6, 6.07) is 0. The first-order chi connectivity index (χ1) is 11.2. The van der Waals surface area contributed by atoms with E-state index in [1.807, 2.05) is 24.9 Å². The Morgan fingerprint density at radius 1 is 1.30 bits per heavy atom. The van der Waals surface area contributed by atoms with Gasteiger partial charge in [0.15, 0.2) is 5.06 Å². The Kier molecular flexibility index (Phi) is 4.71. The number of rotatable bonds is 6. The fourth-order valence-electron chi connectivity index (χ4n) is 2.89. The summed E-state index contributed by atoms with van der Waals surface area (Å²) in [7, 11) is 1.93. The zero-order valence-corrected chi connectivity index (χ0v) is 14.7. The number of hydrogen-bond acceptors (Lipinski definition) is 5. The Morgan fingerprint density at radius 3 is 2.83 bits per heavy atom. The van der Waals surface area contributed by atoms with Crippen LogP contribution in [0.5, 0.6) is 5.06 Å². The summed E-state index contributed by atoms with van der Waals surface area (Å²) in [6.07, 6.45) is 5.39. The molecule has 0 aromatic carbocycles. The Bertz CT molecular complexity index is 718. The van der Waals surface area contributed by atoms with Gasteiger partial charge in [0.2, 0.25) is 0 Å². The third-order valence-corrected chi connectivity index (χ3v) is 5.05. The molecule has 0 amide bonds. The second-order valence-electron chi connectivity index (χ2n) is 5.70. The molecule has 23 heavy (non-hydrogen) atoms. The Balaban J connectivity index is 2.06. The lowest BCUT2D eigenvalue weighted by atomic mass is 9.91. The van der Waals surface area contributed by atoms with Crippen LogP contribution in [0.2, 0.25) is 0 Å². The van der Waals surface area contributed by atoms with Gasteiger partial charge in [0.05, 0.1) is 30.7 Å². The minimum atomic E-state index is -0.231. The number of aryl methyl sites for hydroxylation is 2. The molecule has 5 nitrogen and oxygen atoms in total. The molecule has 3 rings (SSSR count). The van der Waals surface area contributed by atoms with Gasteiger partial charge in [-0.2, -0.15) is 5.10 Å². The van der Waals surface area contributed by atoms with E-state index in [0.29, 0.717) is 18.1 Å². The molecule has 6 heteroatoms. The van der Waals surface area contributed by atoms with Crippen LogP contribution in [-0.4, -0.2) is 29.0 Å². The van der Waals surface area contributed by atoms with Crippen molar-refractivity contribution in [2.45, 2.75) is 39.5 Å². The van der Waals surface area contributed by atoms with Crippen molar-refractivity contribution in [3.05, 3.63) is 22.2 Å². The van der Waals surface area contributed by atoms with Crippen molar-refractivity contribution >= 4 is 17.3 Å². The zero-order valence-electron chi connectivity index (χ0n) is 13.8. The first kappa shape index (κ1) is 16.1. The maximum absolute atomic E-state index is 12.4. The largest absolute Gasteiger partial charge is 0.483 e. The van der Waals surface area contributed by atoms with Gasteiger partial charge in [0, 0.05) is 7.05 Å². The molecule has 1 aliphatic rings. The van der Waals surface area contributed by atoms with E-state index in [1.54, 1.807) is 0 Å². The SMILES string of the molecule is CCCOC(=O)c1sc(OCCC)c2c1CCc1cnn(C)c1-2. The molecule has 0 saturated heterocycles. The summed E-state index contributed by atoms with van der Waals surface area (Å²) in [5.41, 5.74) is 4.38. The number of ether oxygens (including phenoxy) is 2. The monoisotopic (exact) mass is 334 g/mol. The zero-order chi connectivity index (χ0) is 16.4. The predicted molar refractivity (Wildman–Crippen MR) is 90.3 cm³/mol. The molecule has 0 spiro atoms. The molecular weight excluding hydrogens is 312 g/mol. The van der Waals surface area contributed by atoms with E-state index in [9.17, 15) is 4.79 Å². The van der Waals surface area contributed by atoms with Crippen LogP contribution in [0.1, 0.15) is 47.5 Å². The van der Waals surface area contributed by atoms with E-state index < -0.39 is 0 Å². The first-order valence-electron chi connectivity index (χ1n) is 8.14. The molecule has 2 heterocycles. The number of fused-ring (bicyclic) bond motifs is 3. The summed E-state index contributed by atoms with van der Waals surface area (Å²) in [6.45, 7) is 5.16. The van der Waals surface area contributed by atoms with E-state index in [0.717, 1.165) is 47.6 Å². The molecule has 0 atom stereocenters. The molecule has 0 unspecified atom stereocenters. The standard InChI is InChI=1S/C17H22N2O3S/c1-4-8-21-16(20)15-12-7-6-11-10-18-19(3)14(11)13(12)17(23-15)22-9-5-2/h10H,4-9H2,1-3H3. The van der Waals surface area contributed by atoms with Crippen LogP contribution in [0, 0.1) is 0 Å². The molecule has 2 aromatic heterocycles. The van der Waals surface area contributed by atoms with Crippen molar-refractivity contribution in [2.24, 2.45) is 7.05 Å². The third kappa shape index (κ3) is 2.87. The summed E-state index contributed by atoms with van der Waals surface area (Å²) in [5.74, 6) is -0.231. The van der Waals surface area contributed by atoms with Gasteiger partial charge in [-0.3, -0.25) is 4.68 Å². The average Bonchev–Trinajstić information content (AvgIpc) is 3.11. The fraction of sp³-hybridized carbons (Fsp3) is 0.529. The Morgan fingerprint density at radius 2 is 2.09 bits per heavy atom. The highest BCUT2D eigenvalue weighted by Gasteiger charge is 2.31. The second kappa shape index (κ2) is 6.74. The topological polar surface area (TPSA) is 53.4 Å². The van der Waals surface area contributed by atoms with Crippen LogP contribution >= 0.6 is 11.3 Å². The Labute approximate surface area is 140 Å². The molecule has 0 N–H and O–H groups in total. The fourth-order valence-corrected chi connectivity index (χ4v) is 4.01. The number of carbonyl (C=O) groups is 1. The summed E-state index contributed by atoms with van der Waals surface area (Å²) in [4.78, 5) is 13.1. The number of esters is 1. The maximum atomic E-state index is 12.4. The van der Waals surface area contributed by atoms with Crippen molar-refractivity contribution in [1.29, 1.82) is 0 Å². The van der Waals surface area contributed by atoms with Gasteiger partial charge in [-0.1, -0.05) is 25.2 Å². The molecule has 2 aromatic rings. The van der Waals surface area contributed by atoms with E-state index in [-0.39, 0.29) is 5.97 Å². The molecule has 0 radical (unpaired) electrons. The number of hydrogen-bond donors (Lipinski definition) is 0. The third-order valence-electron chi connectivity index (χ3n) is 3.93. The van der Waals surface area contributed by atoms with Crippen LogP contribution < -0.4 is 4.74 Å². The van der Waals surface area contributed by atoms with Crippen LogP contribution in [0.3, 0.4) is 0 Å². The van der Waals surface area contributed by atoms with Gasteiger partial charge in [-0.15, -0.1) is 0 Å². The lowest BCUT2D eigenvalue weighted by Gasteiger charge is -2.16. The highest BCUT2D eigenvalue weighted by atomic mass is 32.1. The van der Waals surface area contributed by atoms with Crippen LogP contribution in [0.4, 0.5) is 0 Å². The van der Waals surface area contributed by atoms with Crippen LogP contribution in [0.25, 0.3) is 11.3 Å². The molecule has 0 aliphatic heterocycles. The lowest BCUT2D eigenvalue weighted by Crippen LogP contribution is -2.10. The van der Waals surface area contributed by atoms with Gasteiger partial charge in [-0.05, 0) is 36.8 Å². The molecule has 0 bridgehead atoms. The second-order valence-corrected chi connectivity index (χ2v) is 6.68. The number of nitrogens with zero attached hydrogens (tertiary/aromatic N) is 2. The lowest BCUT2D eigenvalue weighted by molar-refractivity contribution is 0.0509. The van der Waals surface area contributed by atoms with Crippen molar-refractivity contribution in [3.8, 4) is 16.3 Å². The predicted octanol–water partition coefficient (Wildman–Crippen LogP) is 3.60. The summed E-state index contributed by atoms with van der Waals surface area (Å²) >= 11 is 1.41. The van der Waals surface area contributed by atoms with Crippen molar-refractivity contribution < 1.29 is 14.3 Å². The van der Waals surface area contributed by atoms with Gasteiger partial charge in [0.25, 0.3) is 0 Å². The molecule has 0 saturated carbocycles. The molecule has 0 fully saturated rings. The van der Waals surface area contributed by atoms with Crippen LogP contribution in [0.15, 0.2) is 6.20 Å². The van der Waals surface area contributed by atoms with Crippen LogP contribution in [-0.2, 0) is 24.6 Å². The van der Waals surface area contributed by atoms with Gasteiger partial charge in [-0.25, -0.2) is 4.79 Å². The van der Waals surface area contributed by atoms with Crippen molar-refractivity contribution in [3.63, 3.8) is 0 Å². The van der Waals surface area contributed by atoms with E-state index in [1.165, 1.54) is 16.9 Å². The molecule has 1 aliphatic carbocycles. The number of aromatic nitrogens is 2. The summed E-state index contributed by atoms with van der Waals surface area (Å²) in [5, 5.41) is 5.19. The smallest absolute Gasteiger partial charge is 0.348 e.